The second-order valence-electron chi connectivity index (χ2n) is 8.91. The molecule has 2 aliphatic rings. The Morgan fingerprint density at radius 1 is 0.525 bits per heavy atom. The Hall–Kier alpha value is -6.16. The molecular formula is C40H22. The third-order valence-corrected chi connectivity index (χ3v) is 6.67. The van der Waals surface area contributed by atoms with Crippen LogP contribution in [0.25, 0.3) is 0 Å². The van der Waals surface area contributed by atoms with Gasteiger partial charge >= 0.3 is 0 Å². The maximum Gasteiger partial charge on any atom is 0.0309 e. The van der Waals surface area contributed by atoms with E-state index in [1.165, 1.54) is 0 Å². The van der Waals surface area contributed by atoms with Crippen LogP contribution in [-0.2, 0) is 0 Å². The van der Waals surface area contributed by atoms with Crippen LogP contribution in [0.1, 0.15) is 40.0 Å². The Labute approximate surface area is 241 Å². The zero-order valence-electron chi connectivity index (χ0n) is 22.7. The highest BCUT2D eigenvalue weighted by Crippen LogP contribution is 2.62. The van der Waals surface area contributed by atoms with Crippen molar-refractivity contribution in [3.05, 3.63) is 0 Å². The van der Waals surface area contributed by atoms with Gasteiger partial charge in [0.05, 0.1) is 0 Å². The third kappa shape index (κ3) is 9.37. The lowest BCUT2D eigenvalue weighted by atomic mass is 9.68. The summed E-state index contributed by atoms with van der Waals surface area (Å²) in [5.41, 5.74) is -0.125. The first-order valence-electron chi connectivity index (χ1n) is 12.4. The maximum absolute atomic E-state index is 5.14. The average molecular weight is 503 g/mol. The van der Waals surface area contributed by atoms with Gasteiger partial charge in [0.1, 0.15) is 0 Å². The van der Waals surface area contributed by atoms with E-state index in [-0.39, 0.29) is 23.2 Å². The minimum atomic E-state index is -0.125. The SMILES string of the molecule is C#CC#CC#CC#CC#CC1CC(C#CC#CC#CC#CC#CC)C2(C1)CC(C)C(C)C2C#CC#CC#CC#C. The van der Waals surface area contributed by atoms with Gasteiger partial charge in [0, 0.05) is 17.8 Å². The molecule has 0 aromatic heterocycles. The lowest BCUT2D eigenvalue weighted by Crippen LogP contribution is -2.30. The fraction of sp³-hybridized carbons (Fsp3) is 0.300. The summed E-state index contributed by atoms with van der Waals surface area (Å²) in [6.07, 6.45) is 12.9. The largest absolute Gasteiger partial charge is 0.106 e. The summed E-state index contributed by atoms with van der Waals surface area (Å²) in [6, 6.07) is 0. The van der Waals surface area contributed by atoms with E-state index in [1.807, 2.05) is 0 Å². The van der Waals surface area contributed by atoms with Crippen molar-refractivity contribution in [1.29, 1.82) is 0 Å². The molecule has 0 heterocycles. The topological polar surface area (TPSA) is 0 Å². The minimum Gasteiger partial charge on any atom is -0.106 e. The first-order chi connectivity index (χ1) is 19.6. The van der Waals surface area contributed by atoms with Gasteiger partial charge in [-0.2, -0.15) is 0 Å². The normalized spacial score (nSPS) is 23.0. The lowest BCUT2D eigenvalue weighted by Gasteiger charge is -2.33. The van der Waals surface area contributed by atoms with Crippen molar-refractivity contribution < 1.29 is 0 Å². The molecule has 0 nitrogen and oxygen atoms in total. The van der Waals surface area contributed by atoms with Crippen molar-refractivity contribution in [2.45, 2.75) is 40.0 Å². The Kier molecular flexibility index (Phi) is 13.0. The van der Waals surface area contributed by atoms with E-state index in [4.69, 9.17) is 12.8 Å². The summed E-state index contributed by atoms with van der Waals surface area (Å²) < 4.78 is 0. The van der Waals surface area contributed by atoms with Crippen LogP contribution >= 0.6 is 0 Å². The standard InChI is InChI=1S/C40H22/c1-6-9-12-15-18-20-22-24-27-30-38-32-37(29-26-23-21-19-16-13-10-7-2)34-40(38)33-35(4)36(5)39(40)31-28-25-17-14-11-8-3/h2-3,35-39H,32-34H2,1,4-5H3. The van der Waals surface area contributed by atoms with Crippen molar-refractivity contribution in [1.82, 2.24) is 0 Å². The molecule has 2 rings (SSSR count). The first kappa shape index (κ1) is 30.1. The number of terminal acetylenes is 2. The monoisotopic (exact) mass is 502 g/mol. The van der Waals surface area contributed by atoms with Gasteiger partial charge in [-0.1, -0.05) is 37.5 Å². The Morgan fingerprint density at radius 3 is 1.50 bits per heavy atom. The zero-order chi connectivity index (χ0) is 28.9. The fourth-order valence-electron chi connectivity index (χ4n) is 5.07. The predicted molar refractivity (Wildman–Crippen MR) is 162 cm³/mol. The molecule has 6 atom stereocenters. The van der Waals surface area contributed by atoms with Gasteiger partial charge in [-0.05, 0) is 174 Å². The Bertz CT molecular complexity index is 1870. The van der Waals surface area contributed by atoms with E-state index in [1.54, 1.807) is 6.92 Å². The van der Waals surface area contributed by atoms with Crippen molar-refractivity contribution in [2.75, 3.05) is 0 Å². The molecule has 0 amide bonds. The second-order valence-corrected chi connectivity index (χ2v) is 8.91. The van der Waals surface area contributed by atoms with E-state index in [0.29, 0.717) is 11.8 Å². The second kappa shape index (κ2) is 17.3. The molecule has 6 unspecified atom stereocenters. The molecule has 0 aromatic rings. The van der Waals surface area contributed by atoms with Gasteiger partial charge in [-0.3, -0.25) is 0 Å². The lowest BCUT2D eigenvalue weighted by molar-refractivity contribution is 0.188. The maximum atomic E-state index is 5.14. The van der Waals surface area contributed by atoms with Crippen LogP contribution in [0.5, 0.6) is 0 Å². The average Bonchev–Trinajstić information content (AvgIpc) is 3.41. The molecule has 0 aromatic carbocycles. The summed E-state index contributed by atoms with van der Waals surface area (Å²) in [4.78, 5) is 0. The highest BCUT2D eigenvalue weighted by Gasteiger charge is 2.57. The molecule has 0 saturated heterocycles. The Balaban J connectivity index is 2.41. The van der Waals surface area contributed by atoms with Gasteiger partial charge < -0.3 is 0 Å². The van der Waals surface area contributed by atoms with Crippen molar-refractivity contribution in [2.24, 2.45) is 35.0 Å². The summed E-state index contributed by atoms with van der Waals surface area (Å²) >= 11 is 0. The van der Waals surface area contributed by atoms with Crippen LogP contribution in [0.3, 0.4) is 0 Å². The van der Waals surface area contributed by atoms with Crippen molar-refractivity contribution in [3.8, 4) is 167 Å². The van der Waals surface area contributed by atoms with Gasteiger partial charge in [-0.15, -0.1) is 12.8 Å². The smallest absolute Gasteiger partial charge is 0.0309 e. The van der Waals surface area contributed by atoms with Crippen molar-refractivity contribution >= 4 is 0 Å². The molecule has 182 valence electrons. The molecule has 0 bridgehead atoms. The molecule has 0 heteroatoms. The summed E-state index contributed by atoms with van der Waals surface area (Å²) in [5.74, 6) is 72.4. The van der Waals surface area contributed by atoms with E-state index in [0.717, 1.165) is 19.3 Å². The van der Waals surface area contributed by atoms with Gasteiger partial charge in [0.25, 0.3) is 0 Å². The first-order valence-corrected chi connectivity index (χ1v) is 12.4. The van der Waals surface area contributed by atoms with Gasteiger partial charge in [0.15, 0.2) is 0 Å². The summed E-state index contributed by atoms with van der Waals surface area (Å²) in [6.45, 7) is 6.24. The zero-order valence-corrected chi connectivity index (χ0v) is 22.7. The molecule has 2 fully saturated rings. The molecule has 0 N–H and O–H groups in total. The van der Waals surface area contributed by atoms with Crippen molar-refractivity contribution in [3.63, 3.8) is 0 Å². The summed E-state index contributed by atoms with van der Waals surface area (Å²) in [7, 11) is 0. The van der Waals surface area contributed by atoms with E-state index in [2.05, 4.69) is 168 Å². The van der Waals surface area contributed by atoms with Crippen LogP contribution in [-0.4, -0.2) is 0 Å². The molecule has 2 aliphatic carbocycles. The van der Waals surface area contributed by atoms with E-state index in [9.17, 15) is 0 Å². The molecule has 1 spiro atoms. The highest BCUT2D eigenvalue weighted by atomic mass is 14.6. The number of rotatable bonds is 0. The van der Waals surface area contributed by atoms with E-state index < -0.39 is 0 Å². The number of hydrogen-bond donors (Lipinski definition) is 0. The molecular weight excluding hydrogens is 480 g/mol. The van der Waals surface area contributed by atoms with Crippen LogP contribution < -0.4 is 0 Å². The highest BCUT2D eigenvalue weighted by molar-refractivity contribution is 5.45. The number of hydrogen-bond acceptors (Lipinski definition) is 0. The molecule has 0 radical (unpaired) electrons. The predicted octanol–water partition coefficient (Wildman–Crippen LogP) is 3.62. The molecule has 0 aliphatic heterocycles. The van der Waals surface area contributed by atoms with Crippen LogP contribution in [0, 0.1) is 202 Å². The summed E-state index contributed by atoms with van der Waals surface area (Å²) in [5, 5.41) is 0. The van der Waals surface area contributed by atoms with Crippen LogP contribution in [0.4, 0.5) is 0 Å². The van der Waals surface area contributed by atoms with Gasteiger partial charge in [-0.25, -0.2) is 0 Å². The molecule has 2 saturated carbocycles. The third-order valence-electron chi connectivity index (χ3n) is 6.67. The minimum absolute atomic E-state index is 0.0707. The Morgan fingerprint density at radius 2 is 0.975 bits per heavy atom. The van der Waals surface area contributed by atoms with Crippen LogP contribution in [0.15, 0.2) is 0 Å². The van der Waals surface area contributed by atoms with Crippen LogP contribution in [0.2, 0.25) is 0 Å². The van der Waals surface area contributed by atoms with Gasteiger partial charge in [0.2, 0.25) is 0 Å². The fourth-order valence-corrected chi connectivity index (χ4v) is 5.07. The van der Waals surface area contributed by atoms with E-state index >= 15 is 0 Å². The quantitative estimate of drug-likeness (QED) is 0.444. The molecule has 40 heavy (non-hydrogen) atoms.